The molecule has 88 valence electrons. The van der Waals surface area contributed by atoms with E-state index in [0.717, 1.165) is 5.56 Å². The van der Waals surface area contributed by atoms with Gasteiger partial charge in [0.15, 0.2) is 6.29 Å². The number of carbonyl (C=O) groups excluding carboxylic acids is 1. The molecule has 2 heterocycles. The first-order chi connectivity index (χ1) is 8.27. The third-order valence-corrected chi connectivity index (χ3v) is 2.32. The first kappa shape index (κ1) is 11.3. The maximum atomic E-state index is 11.1. The van der Waals surface area contributed by atoms with Crippen LogP contribution >= 0.6 is 0 Å². The summed E-state index contributed by atoms with van der Waals surface area (Å²) in [5.41, 5.74) is 6.30. The summed E-state index contributed by atoms with van der Waals surface area (Å²) in [5, 5.41) is 3.12. The normalized spacial score (nSPS) is 18.4. The van der Waals surface area contributed by atoms with Gasteiger partial charge in [0.25, 0.3) is 0 Å². The van der Waals surface area contributed by atoms with E-state index in [0.29, 0.717) is 6.54 Å². The van der Waals surface area contributed by atoms with Crippen molar-refractivity contribution in [1.82, 2.24) is 15.2 Å². The number of nitrogens with one attached hydrogen (secondary N) is 1. The van der Waals surface area contributed by atoms with E-state index in [2.05, 4.69) is 15.3 Å². The molecule has 1 aliphatic heterocycles. The second kappa shape index (κ2) is 5.22. The monoisotopic (exact) mass is 231 g/mol. The quantitative estimate of drug-likeness (QED) is 0.791. The van der Waals surface area contributed by atoms with Crippen LogP contribution < -0.4 is 11.1 Å². The minimum atomic E-state index is -0.537. The fourth-order valence-electron chi connectivity index (χ4n) is 1.47. The van der Waals surface area contributed by atoms with E-state index >= 15 is 0 Å². The SMILES string of the molecule is NC(=O)N1C=CC=NC1NCc1ccncc1. The number of pyridine rings is 1. The van der Waals surface area contributed by atoms with Crippen molar-refractivity contribution < 1.29 is 4.79 Å². The molecule has 1 aromatic rings. The standard InChI is InChI=1S/C11H13N5O/c12-10(17)16-7-1-4-14-11(16)15-8-9-2-5-13-6-3-9/h1-7,11,15H,8H2,(H2,12,17). The number of nitrogens with two attached hydrogens (primary N) is 1. The average Bonchev–Trinajstić information content (AvgIpc) is 2.38. The number of aliphatic imine (C=N–C) groups is 1. The highest BCUT2D eigenvalue weighted by atomic mass is 16.2. The zero-order valence-corrected chi connectivity index (χ0v) is 9.15. The number of hydrogen-bond donors (Lipinski definition) is 2. The third-order valence-electron chi connectivity index (χ3n) is 2.32. The molecule has 0 saturated carbocycles. The summed E-state index contributed by atoms with van der Waals surface area (Å²) in [6.45, 7) is 0.585. The zero-order valence-electron chi connectivity index (χ0n) is 9.15. The number of allylic oxidation sites excluding steroid dienone is 1. The van der Waals surface area contributed by atoms with Crippen molar-refractivity contribution in [3.63, 3.8) is 0 Å². The van der Waals surface area contributed by atoms with Crippen molar-refractivity contribution in [2.75, 3.05) is 0 Å². The number of urea groups is 1. The number of rotatable bonds is 3. The van der Waals surface area contributed by atoms with Crippen LogP contribution in [0.15, 0.2) is 41.8 Å². The van der Waals surface area contributed by atoms with Crippen molar-refractivity contribution in [1.29, 1.82) is 0 Å². The van der Waals surface area contributed by atoms with E-state index in [1.807, 2.05) is 12.1 Å². The number of aromatic nitrogens is 1. The molecule has 0 spiro atoms. The lowest BCUT2D eigenvalue weighted by Gasteiger charge is -2.26. The van der Waals surface area contributed by atoms with Crippen LogP contribution in [0.1, 0.15) is 5.56 Å². The molecule has 17 heavy (non-hydrogen) atoms. The van der Waals surface area contributed by atoms with Crippen molar-refractivity contribution in [3.8, 4) is 0 Å². The topological polar surface area (TPSA) is 83.6 Å². The predicted octanol–water partition coefficient (Wildman–Crippen LogP) is 0.434. The Labute approximate surface area is 98.9 Å². The molecule has 6 heteroatoms. The fraction of sp³-hybridized carbons (Fsp3) is 0.182. The smallest absolute Gasteiger partial charge is 0.321 e. The Hall–Kier alpha value is -2.21. The number of nitrogens with zero attached hydrogens (tertiary/aromatic N) is 3. The molecule has 0 fully saturated rings. The number of hydrogen-bond acceptors (Lipinski definition) is 4. The van der Waals surface area contributed by atoms with Gasteiger partial charge >= 0.3 is 6.03 Å². The highest BCUT2D eigenvalue weighted by Gasteiger charge is 2.19. The zero-order chi connectivity index (χ0) is 12.1. The van der Waals surface area contributed by atoms with Gasteiger partial charge in [0.05, 0.1) is 0 Å². The van der Waals surface area contributed by atoms with Gasteiger partial charge in [-0.15, -0.1) is 0 Å². The van der Waals surface area contributed by atoms with E-state index in [9.17, 15) is 4.79 Å². The second-order valence-corrected chi connectivity index (χ2v) is 3.50. The van der Waals surface area contributed by atoms with Gasteiger partial charge in [-0.1, -0.05) is 0 Å². The number of primary amides is 1. The molecule has 0 saturated heterocycles. The van der Waals surface area contributed by atoms with Gasteiger partial charge < -0.3 is 5.73 Å². The maximum Gasteiger partial charge on any atom is 0.321 e. The first-order valence-electron chi connectivity index (χ1n) is 5.17. The van der Waals surface area contributed by atoms with Crippen molar-refractivity contribution >= 4 is 12.2 Å². The summed E-state index contributed by atoms with van der Waals surface area (Å²) >= 11 is 0. The summed E-state index contributed by atoms with van der Waals surface area (Å²) in [4.78, 5) is 20.5. The maximum absolute atomic E-state index is 11.1. The summed E-state index contributed by atoms with van der Waals surface area (Å²) < 4.78 is 0. The van der Waals surface area contributed by atoms with Crippen LogP contribution in [0.4, 0.5) is 4.79 Å². The van der Waals surface area contributed by atoms with Crippen LogP contribution in [0, 0.1) is 0 Å². The Kier molecular flexibility index (Phi) is 3.46. The Morgan fingerprint density at radius 3 is 2.94 bits per heavy atom. The number of carbonyl (C=O) groups is 1. The van der Waals surface area contributed by atoms with Crippen LogP contribution in [0.5, 0.6) is 0 Å². The minimum Gasteiger partial charge on any atom is -0.351 e. The molecule has 3 N–H and O–H groups in total. The van der Waals surface area contributed by atoms with Gasteiger partial charge in [0.1, 0.15) is 0 Å². The van der Waals surface area contributed by atoms with Crippen molar-refractivity contribution in [2.24, 2.45) is 10.7 Å². The van der Waals surface area contributed by atoms with Gasteiger partial charge in [-0.05, 0) is 23.8 Å². The average molecular weight is 231 g/mol. The largest absolute Gasteiger partial charge is 0.351 e. The molecular weight excluding hydrogens is 218 g/mol. The molecule has 2 rings (SSSR count). The van der Waals surface area contributed by atoms with Gasteiger partial charge in [0, 0.05) is 31.4 Å². The molecule has 1 aliphatic rings. The minimum absolute atomic E-state index is 0.453. The van der Waals surface area contributed by atoms with E-state index < -0.39 is 12.3 Å². The van der Waals surface area contributed by atoms with E-state index in [4.69, 9.17) is 5.73 Å². The molecule has 0 radical (unpaired) electrons. The lowest BCUT2D eigenvalue weighted by Crippen LogP contribution is -2.47. The van der Waals surface area contributed by atoms with E-state index in [1.165, 1.54) is 4.90 Å². The van der Waals surface area contributed by atoms with Crippen LogP contribution in [0.2, 0.25) is 0 Å². The molecule has 2 amide bonds. The van der Waals surface area contributed by atoms with Crippen LogP contribution in [-0.4, -0.2) is 28.4 Å². The molecule has 1 unspecified atom stereocenters. The lowest BCUT2D eigenvalue weighted by atomic mass is 10.3. The van der Waals surface area contributed by atoms with Gasteiger partial charge in [-0.3, -0.25) is 20.2 Å². The van der Waals surface area contributed by atoms with E-state index in [1.54, 1.807) is 30.9 Å². The second-order valence-electron chi connectivity index (χ2n) is 3.50. The van der Waals surface area contributed by atoms with E-state index in [-0.39, 0.29) is 0 Å². The summed E-state index contributed by atoms with van der Waals surface area (Å²) in [7, 11) is 0. The Balaban J connectivity index is 1.96. The predicted molar refractivity (Wildman–Crippen MR) is 63.9 cm³/mol. The Bertz CT molecular complexity index is 442. The van der Waals surface area contributed by atoms with Crippen LogP contribution in [0.25, 0.3) is 0 Å². The summed E-state index contributed by atoms with van der Waals surface area (Å²) in [6, 6.07) is 3.25. The highest BCUT2D eigenvalue weighted by molar-refractivity contribution is 5.78. The molecular formula is C11H13N5O. The molecule has 6 nitrogen and oxygen atoms in total. The third kappa shape index (κ3) is 2.88. The number of amides is 2. The lowest BCUT2D eigenvalue weighted by molar-refractivity contribution is 0.199. The van der Waals surface area contributed by atoms with Crippen LogP contribution in [-0.2, 0) is 6.54 Å². The van der Waals surface area contributed by atoms with Crippen molar-refractivity contribution in [2.45, 2.75) is 12.8 Å². The Morgan fingerprint density at radius 2 is 2.24 bits per heavy atom. The fourth-order valence-corrected chi connectivity index (χ4v) is 1.47. The van der Waals surface area contributed by atoms with Gasteiger partial charge in [-0.2, -0.15) is 0 Å². The highest BCUT2D eigenvalue weighted by Crippen LogP contribution is 2.05. The van der Waals surface area contributed by atoms with Gasteiger partial charge in [-0.25, -0.2) is 4.79 Å². The van der Waals surface area contributed by atoms with Crippen LogP contribution in [0.3, 0.4) is 0 Å². The Morgan fingerprint density at radius 1 is 1.47 bits per heavy atom. The summed E-state index contributed by atoms with van der Waals surface area (Å²) in [5.74, 6) is 0. The molecule has 1 atom stereocenters. The molecule has 0 aromatic carbocycles. The summed E-state index contributed by atoms with van der Waals surface area (Å²) in [6.07, 6.45) is 7.86. The van der Waals surface area contributed by atoms with Gasteiger partial charge in [0.2, 0.25) is 0 Å². The first-order valence-corrected chi connectivity index (χ1v) is 5.17. The molecule has 1 aromatic heterocycles. The molecule has 0 bridgehead atoms. The molecule has 0 aliphatic carbocycles. The van der Waals surface area contributed by atoms with Crippen molar-refractivity contribution in [3.05, 3.63) is 42.4 Å².